The zero-order chi connectivity index (χ0) is 17.9. The van der Waals surface area contributed by atoms with Crippen molar-refractivity contribution in [3.05, 3.63) is 29.8 Å². The number of hydrogen-bond acceptors (Lipinski definition) is 2. The molecule has 4 heteroatoms. The van der Waals surface area contributed by atoms with Crippen LogP contribution in [0.1, 0.15) is 76.6 Å². The Morgan fingerprint density at radius 1 is 1.12 bits per heavy atom. The Hall–Kier alpha value is -1.22. The normalized spacial score (nSPS) is 13.2. The molecule has 2 unspecified atom stereocenters. The summed E-state index contributed by atoms with van der Waals surface area (Å²) in [6.07, 6.45) is 7.37. The Morgan fingerprint density at radius 2 is 1.80 bits per heavy atom. The summed E-state index contributed by atoms with van der Waals surface area (Å²) in [4.78, 5) is 11.3. The first-order chi connectivity index (χ1) is 11.5. The number of aromatic carboxylic acids is 1. The van der Waals surface area contributed by atoms with Gasteiger partial charge in [0.1, 0.15) is 11.3 Å². The Balaban J connectivity index is 0.00000576. The molecule has 1 rings (SSSR count). The van der Waals surface area contributed by atoms with Crippen molar-refractivity contribution in [2.75, 3.05) is 6.61 Å². The molecular formula is C21H35ClO3. The maximum atomic E-state index is 11.3. The molecule has 1 aromatic rings. The molecule has 144 valence electrons. The van der Waals surface area contributed by atoms with Gasteiger partial charge in [-0.2, -0.15) is 0 Å². The van der Waals surface area contributed by atoms with E-state index in [1.54, 1.807) is 18.2 Å². The fourth-order valence-corrected chi connectivity index (χ4v) is 3.27. The van der Waals surface area contributed by atoms with Gasteiger partial charge in [0.15, 0.2) is 0 Å². The quantitative estimate of drug-likeness (QED) is 0.430. The molecule has 0 aliphatic carbocycles. The number of para-hydroxylation sites is 1. The van der Waals surface area contributed by atoms with Gasteiger partial charge in [0.25, 0.3) is 0 Å². The number of carboxylic acids is 1. The number of carbonyl (C=O) groups is 1. The largest absolute Gasteiger partial charge is 0.492 e. The molecule has 0 heterocycles. The van der Waals surface area contributed by atoms with E-state index in [-0.39, 0.29) is 18.0 Å². The Morgan fingerprint density at radius 3 is 2.40 bits per heavy atom. The first-order valence-corrected chi connectivity index (χ1v) is 9.40. The van der Waals surface area contributed by atoms with Crippen LogP contribution in [0.15, 0.2) is 24.3 Å². The Bertz CT molecular complexity index is 488. The van der Waals surface area contributed by atoms with Gasteiger partial charge in [0.2, 0.25) is 0 Å². The van der Waals surface area contributed by atoms with Crippen molar-refractivity contribution in [1.82, 2.24) is 0 Å². The van der Waals surface area contributed by atoms with Crippen molar-refractivity contribution in [3.63, 3.8) is 0 Å². The molecule has 0 saturated carbocycles. The molecule has 0 saturated heterocycles. The van der Waals surface area contributed by atoms with Crippen LogP contribution in [0.2, 0.25) is 0 Å². The molecule has 0 amide bonds. The van der Waals surface area contributed by atoms with E-state index >= 15 is 0 Å². The summed E-state index contributed by atoms with van der Waals surface area (Å²) >= 11 is 0. The summed E-state index contributed by atoms with van der Waals surface area (Å²) in [5, 5.41) is 9.28. The van der Waals surface area contributed by atoms with Gasteiger partial charge >= 0.3 is 5.97 Å². The molecule has 2 atom stereocenters. The van der Waals surface area contributed by atoms with Crippen molar-refractivity contribution in [3.8, 4) is 5.75 Å². The van der Waals surface area contributed by atoms with Crippen LogP contribution in [0.5, 0.6) is 5.75 Å². The lowest BCUT2D eigenvalue weighted by molar-refractivity contribution is 0.0690. The Labute approximate surface area is 159 Å². The van der Waals surface area contributed by atoms with E-state index in [4.69, 9.17) is 4.74 Å². The first-order valence-electron chi connectivity index (χ1n) is 9.40. The summed E-state index contributed by atoms with van der Waals surface area (Å²) in [5.74, 6) is 1.29. The number of unbranched alkanes of at least 4 members (excludes halogenated alkanes) is 3. The highest BCUT2D eigenvalue weighted by atomic mass is 35.5. The molecule has 25 heavy (non-hydrogen) atoms. The average Bonchev–Trinajstić information content (AvgIpc) is 2.53. The van der Waals surface area contributed by atoms with Crippen LogP contribution in [0.4, 0.5) is 0 Å². The van der Waals surface area contributed by atoms with E-state index in [1.807, 2.05) is 6.07 Å². The smallest absolute Gasteiger partial charge is 0.339 e. The van der Waals surface area contributed by atoms with E-state index in [0.717, 1.165) is 6.42 Å². The molecule has 0 bridgehead atoms. The maximum Gasteiger partial charge on any atom is 0.339 e. The van der Waals surface area contributed by atoms with Crippen LogP contribution >= 0.6 is 12.4 Å². The predicted octanol–water partition coefficient (Wildman–Crippen LogP) is 6.45. The van der Waals surface area contributed by atoms with Crippen molar-refractivity contribution in [1.29, 1.82) is 0 Å². The molecule has 0 aromatic heterocycles. The number of carboxylic acid groups (broad SMARTS) is 1. The molecule has 0 aliphatic heterocycles. The SMILES string of the molecule is CCCCCCC(COc1ccccc1C(=O)O)C(C)CC(C)C.Cl. The van der Waals surface area contributed by atoms with E-state index in [9.17, 15) is 9.90 Å². The van der Waals surface area contributed by atoms with Gasteiger partial charge in [-0.15, -0.1) is 12.4 Å². The van der Waals surface area contributed by atoms with Gasteiger partial charge in [0.05, 0.1) is 6.61 Å². The minimum absolute atomic E-state index is 0. The van der Waals surface area contributed by atoms with Crippen LogP contribution < -0.4 is 4.74 Å². The highest BCUT2D eigenvalue weighted by molar-refractivity contribution is 5.90. The van der Waals surface area contributed by atoms with E-state index in [2.05, 4.69) is 27.7 Å². The standard InChI is InChI=1S/C21H34O3.ClH/c1-5-6-7-8-11-18(17(4)14-16(2)3)15-24-20-13-10-9-12-19(20)21(22)23;/h9-10,12-13,16-18H,5-8,11,14-15H2,1-4H3,(H,22,23);1H. The molecule has 1 N–H and O–H groups in total. The summed E-state index contributed by atoms with van der Waals surface area (Å²) in [5.41, 5.74) is 0.249. The molecule has 0 radical (unpaired) electrons. The summed E-state index contributed by atoms with van der Waals surface area (Å²) in [6.45, 7) is 9.64. The minimum Gasteiger partial charge on any atom is -0.492 e. The predicted molar refractivity (Wildman–Crippen MR) is 107 cm³/mol. The van der Waals surface area contributed by atoms with Crippen LogP contribution in [0.25, 0.3) is 0 Å². The number of halogens is 1. The third-order valence-corrected chi connectivity index (χ3v) is 4.65. The van der Waals surface area contributed by atoms with Gasteiger partial charge in [-0.05, 0) is 42.7 Å². The number of ether oxygens (including phenoxy) is 1. The molecule has 0 fully saturated rings. The highest BCUT2D eigenvalue weighted by Gasteiger charge is 2.20. The lowest BCUT2D eigenvalue weighted by Crippen LogP contribution is -2.22. The fraction of sp³-hybridized carbons (Fsp3) is 0.667. The van der Waals surface area contributed by atoms with Crippen LogP contribution in [-0.4, -0.2) is 17.7 Å². The Kier molecular flexibility index (Phi) is 12.4. The van der Waals surface area contributed by atoms with Gasteiger partial charge in [-0.3, -0.25) is 0 Å². The van der Waals surface area contributed by atoms with Crippen LogP contribution in [0, 0.1) is 17.8 Å². The van der Waals surface area contributed by atoms with Crippen LogP contribution in [-0.2, 0) is 0 Å². The van der Waals surface area contributed by atoms with Gasteiger partial charge in [0, 0.05) is 0 Å². The molecule has 1 aromatic carbocycles. The van der Waals surface area contributed by atoms with Crippen molar-refractivity contribution in [2.24, 2.45) is 17.8 Å². The van der Waals surface area contributed by atoms with Gasteiger partial charge < -0.3 is 9.84 Å². The van der Waals surface area contributed by atoms with E-state index < -0.39 is 5.97 Å². The molecule has 0 spiro atoms. The monoisotopic (exact) mass is 370 g/mol. The summed E-state index contributed by atoms with van der Waals surface area (Å²) in [6, 6.07) is 6.92. The van der Waals surface area contributed by atoms with E-state index in [0.29, 0.717) is 30.1 Å². The van der Waals surface area contributed by atoms with Crippen molar-refractivity contribution < 1.29 is 14.6 Å². The number of rotatable bonds is 12. The topological polar surface area (TPSA) is 46.5 Å². The minimum atomic E-state index is -0.930. The molecule has 3 nitrogen and oxygen atoms in total. The van der Waals surface area contributed by atoms with Gasteiger partial charge in [-0.25, -0.2) is 4.79 Å². The number of benzene rings is 1. The van der Waals surface area contributed by atoms with Crippen molar-refractivity contribution >= 4 is 18.4 Å². The van der Waals surface area contributed by atoms with E-state index in [1.165, 1.54) is 32.1 Å². The molecular weight excluding hydrogens is 336 g/mol. The second-order valence-corrected chi connectivity index (χ2v) is 7.33. The average molecular weight is 371 g/mol. The van der Waals surface area contributed by atoms with Crippen molar-refractivity contribution in [2.45, 2.75) is 66.2 Å². The second kappa shape index (κ2) is 13.0. The zero-order valence-electron chi connectivity index (χ0n) is 16.2. The first kappa shape index (κ1) is 23.8. The second-order valence-electron chi connectivity index (χ2n) is 7.33. The summed E-state index contributed by atoms with van der Waals surface area (Å²) < 4.78 is 5.94. The number of hydrogen-bond donors (Lipinski definition) is 1. The maximum absolute atomic E-state index is 11.3. The fourth-order valence-electron chi connectivity index (χ4n) is 3.27. The van der Waals surface area contributed by atoms with Gasteiger partial charge in [-0.1, -0.05) is 65.5 Å². The molecule has 0 aliphatic rings. The van der Waals surface area contributed by atoms with Crippen LogP contribution in [0.3, 0.4) is 0 Å². The highest BCUT2D eigenvalue weighted by Crippen LogP contribution is 2.27. The zero-order valence-corrected chi connectivity index (χ0v) is 17.0. The summed E-state index contributed by atoms with van der Waals surface area (Å²) in [7, 11) is 0. The lowest BCUT2D eigenvalue weighted by atomic mass is 9.84. The third kappa shape index (κ3) is 9.15. The third-order valence-electron chi connectivity index (χ3n) is 4.65. The lowest BCUT2D eigenvalue weighted by Gasteiger charge is -2.26.